The third-order valence-corrected chi connectivity index (χ3v) is 6.07. The molecule has 1 aliphatic rings. The molecule has 0 saturated carbocycles. The van der Waals surface area contributed by atoms with Gasteiger partial charge in [0.05, 0.1) is 0 Å². The van der Waals surface area contributed by atoms with Crippen molar-refractivity contribution in [3.8, 4) is 22.6 Å². The summed E-state index contributed by atoms with van der Waals surface area (Å²) in [6.45, 7) is 0. The molecule has 0 bridgehead atoms. The van der Waals surface area contributed by atoms with Gasteiger partial charge in [0, 0.05) is 24.6 Å². The van der Waals surface area contributed by atoms with Crippen molar-refractivity contribution in [2.75, 3.05) is 7.11 Å². The van der Waals surface area contributed by atoms with Crippen LogP contribution in [0, 0.1) is 0 Å². The summed E-state index contributed by atoms with van der Waals surface area (Å²) in [5.74, 6) is 0.447. The second kappa shape index (κ2) is 9.30. The molecule has 1 aliphatic heterocycles. The Hall–Kier alpha value is -4.28. The molecule has 0 saturated heterocycles. The fraction of sp³-hybridized carbons (Fsp3) is 0.0667. The zero-order valence-electron chi connectivity index (χ0n) is 18.8. The fourth-order valence-electron chi connectivity index (χ4n) is 4.41. The Morgan fingerprint density at radius 1 is 0.735 bits per heavy atom. The van der Waals surface area contributed by atoms with Crippen LogP contribution in [0.25, 0.3) is 27.6 Å². The fourth-order valence-corrected chi connectivity index (χ4v) is 4.41. The standard InChI is InChI=1S/C30H25NO3/c1-34-30(22-8-6-21(7-9-22)28-5-3-2-4-18-31-28)29-26(20-10-13-24(32)14-11-20)16-12-23-19-25(33)15-17-27(23)29/h2-19,30-33H,1H3. The molecule has 1 atom stereocenters. The number of allylic oxidation sites excluding steroid dienone is 4. The van der Waals surface area contributed by atoms with Crippen LogP contribution in [-0.4, -0.2) is 17.3 Å². The molecule has 4 aromatic rings. The molecule has 4 aromatic carbocycles. The first kappa shape index (κ1) is 21.6. The minimum absolute atomic E-state index is 0.223. The van der Waals surface area contributed by atoms with Gasteiger partial charge >= 0.3 is 0 Å². The van der Waals surface area contributed by atoms with Crippen LogP contribution in [-0.2, 0) is 4.74 Å². The summed E-state index contributed by atoms with van der Waals surface area (Å²) in [4.78, 5) is 0. The maximum atomic E-state index is 10.0. The van der Waals surface area contributed by atoms with Gasteiger partial charge in [0.1, 0.15) is 17.6 Å². The van der Waals surface area contributed by atoms with Gasteiger partial charge in [0.2, 0.25) is 0 Å². The van der Waals surface area contributed by atoms with Gasteiger partial charge in [0.15, 0.2) is 0 Å². The van der Waals surface area contributed by atoms with Gasteiger partial charge in [0.25, 0.3) is 0 Å². The highest BCUT2D eigenvalue weighted by Crippen LogP contribution is 2.40. The minimum atomic E-state index is -0.332. The Bertz CT molecular complexity index is 1410. The van der Waals surface area contributed by atoms with Gasteiger partial charge in [-0.2, -0.15) is 0 Å². The summed E-state index contributed by atoms with van der Waals surface area (Å²) in [7, 11) is 1.71. The zero-order chi connectivity index (χ0) is 23.5. The first-order valence-electron chi connectivity index (χ1n) is 11.1. The number of rotatable bonds is 5. The topological polar surface area (TPSA) is 61.7 Å². The van der Waals surface area contributed by atoms with E-state index < -0.39 is 0 Å². The lowest BCUT2D eigenvalue weighted by molar-refractivity contribution is 0.138. The monoisotopic (exact) mass is 447 g/mol. The third-order valence-electron chi connectivity index (χ3n) is 6.07. The maximum Gasteiger partial charge on any atom is 0.116 e. The summed E-state index contributed by atoms with van der Waals surface area (Å²) < 4.78 is 6.09. The van der Waals surface area contributed by atoms with Crippen LogP contribution >= 0.6 is 0 Å². The Labute approximate surface area is 198 Å². The SMILES string of the molecule is COC(c1ccc(C2=CC=CC=CN2)cc1)c1c(-c2ccc(O)cc2)ccc2cc(O)ccc12. The molecule has 5 rings (SSSR count). The van der Waals surface area contributed by atoms with Crippen molar-refractivity contribution in [2.24, 2.45) is 0 Å². The molecule has 0 radical (unpaired) electrons. The van der Waals surface area contributed by atoms with E-state index in [2.05, 4.69) is 29.6 Å². The van der Waals surface area contributed by atoms with Crippen molar-refractivity contribution in [2.45, 2.75) is 6.10 Å². The van der Waals surface area contributed by atoms with Crippen molar-refractivity contribution in [1.82, 2.24) is 5.32 Å². The van der Waals surface area contributed by atoms with Gasteiger partial charge in [-0.1, -0.05) is 66.7 Å². The Morgan fingerprint density at radius 3 is 2.24 bits per heavy atom. The van der Waals surface area contributed by atoms with Crippen LogP contribution < -0.4 is 5.32 Å². The minimum Gasteiger partial charge on any atom is -0.508 e. The molecule has 4 nitrogen and oxygen atoms in total. The van der Waals surface area contributed by atoms with E-state index in [-0.39, 0.29) is 17.6 Å². The highest BCUT2D eigenvalue weighted by Gasteiger charge is 2.21. The highest BCUT2D eigenvalue weighted by molar-refractivity contribution is 5.93. The van der Waals surface area contributed by atoms with Gasteiger partial charge in [-0.15, -0.1) is 0 Å². The van der Waals surface area contributed by atoms with E-state index in [0.717, 1.165) is 44.3 Å². The normalized spacial score (nSPS) is 13.9. The van der Waals surface area contributed by atoms with Crippen LogP contribution in [0.15, 0.2) is 109 Å². The summed E-state index contributed by atoms with van der Waals surface area (Å²) in [6.07, 6.45) is 9.58. The Kier molecular flexibility index (Phi) is 5.90. The molecule has 0 aromatic heterocycles. The number of nitrogens with one attached hydrogen (secondary N) is 1. The molecule has 1 heterocycles. The van der Waals surface area contributed by atoms with Gasteiger partial charge in [-0.05, 0) is 69.4 Å². The van der Waals surface area contributed by atoms with Crippen LogP contribution in [0.5, 0.6) is 11.5 Å². The molecule has 0 amide bonds. The van der Waals surface area contributed by atoms with E-state index in [1.807, 2.05) is 60.8 Å². The predicted molar refractivity (Wildman–Crippen MR) is 137 cm³/mol. The molecular formula is C30H25NO3. The molecule has 3 N–H and O–H groups in total. The first-order chi connectivity index (χ1) is 16.6. The number of phenols is 2. The van der Waals surface area contributed by atoms with Gasteiger partial charge in [-0.3, -0.25) is 0 Å². The second-order valence-corrected chi connectivity index (χ2v) is 8.19. The van der Waals surface area contributed by atoms with Crippen LogP contribution in [0.2, 0.25) is 0 Å². The number of phenolic OH excluding ortho intramolecular Hbond substituents is 2. The number of hydrogen-bond donors (Lipinski definition) is 3. The first-order valence-corrected chi connectivity index (χ1v) is 11.1. The molecule has 1 unspecified atom stereocenters. The van der Waals surface area contributed by atoms with E-state index in [0.29, 0.717) is 0 Å². The quantitative estimate of drug-likeness (QED) is 0.320. The van der Waals surface area contributed by atoms with E-state index in [9.17, 15) is 10.2 Å². The van der Waals surface area contributed by atoms with E-state index in [1.165, 1.54) is 0 Å². The van der Waals surface area contributed by atoms with Crippen LogP contribution in [0.1, 0.15) is 22.8 Å². The van der Waals surface area contributed by atoms with Crippen molar-refractivity contribution in [3.63, 3.8) is 0 Å². The van der Waals surface area contributed by atoms with Crippen LogP contribution in [0.3, 0.4) is 0 Å². The maximum absolute atomic E-state index is 10.0. The second-order valence-electron chi connectivity index (χ2n) is 8.19. The summed E-state index contributed by atoms with van der Waals surface area (Å²) in [5.41, 5.74) is 6.13. The largest absolute Gasteiger partial charge is 0.508 e. The predicted octanol–water partition coefficient (Wildman–Crippen LogP) is 6.67. The summed E-state index contributed by atoms with van der Waals surface area (Å²) in [6, 6.07) is 25.0. The van der Waals surface area contributed by atoms with E-state index >= 15 is 0 Å². The average Bonchev–Trinajstić information content (AvgIpc) is 3.15. The molecule has 34 heavy (non-hydrogen) atoms. The lowest BCUT2D eigenvalue weighted by Gasteiger charge is -2.23. The number of aromatic hydroxyl groups is 2. The number of methoxy groups -OCH3 is 1. The number of hydrogen-bond acceptors (Lipinski definition) is 4. The molecule has 0 spiro atoms. The molecule has 4 heteroatoms. The lowest BCUT2D eigenvalue weighted by atomic mass is 9.88. The zero-order valence-corrected chi connectivity index (χ0v) is 18.8. The van der Waals surface area contributed by atoms with E-state index in [4.69, 9.17) is 4.74 Å². The molecule has 168 valence electrons. The third kappa shape index (κ3) is 4.19. The molecule has 0 fully saturated rings. The van der Waals surface area contributed by atoms with Crippen molar-refractivity contribution in [1.29, 1.82) is 0 Å². The average molecular weight is 448 g/mol. The smallest absolute Gasteiger partial charge is 0.116 e. The summed E-state index contributed by atoms with van der Waals surface area (Å²) >= 11 is 0. The number of ether oxygens (including phenoxy) is 1. The highest BCUT2D eigenvalue weighted by atomic mass is 16.5. The Morgan fingerprint density at radius 2 is 1.47 bits per heavy atom. The molecular weight excluding hydrogens is 422 g/mol. The van der Waals surface area contributed by atoms with Gasteiger partial charge < -0.3 is 20.3 Å². The number of fused-ring (bicyclic) bond motifs is 1. The van der Waals surface area contributed by atoms with Crippen LogP contribution in [0.4, 0.5) is 0 Å². The lowest BCUT2D eigenvalue weighted by Crippen LogP contribution is -2.08. The van der Waals surface area contributed by atoms with Crippen molar-refractivity contribution in [3.05, 3.63) is 126 Å². The van der Waals surface area contributed by atoms with Crippen molar-refractivity contribution >= 4 is 16.5 Å². The van der Waals surface area contributed by atoms with Gasteiger partial charge in [-0.25, -0.2) is 0 Å². The van der Waals surface area contributed by atoms with E-state index in [1.54, 1.807) is 31.4 Å². The van der Waals surface area contributed by atoms with Crippen molar-refractivity contribution < 1.29 is 14.9 Å². The summed E-state index contributed by atoms with van der Waals surface area (Å²) in [5, 5.41) is 25.1. The Balaban J connectivity index is 1.64. The molecule has 0 aliphatic carbocycles. The number of benzene rings is 4.